The first-order chi connectivity index (χ1) is 13.9. The number of nitrogens with zero attached hydrogens (tertiary/aromatic N) is 3. The highest BCUT2D eigenvalue weighted by atomic mass is 35.5. The lowest BCUT2D eigenvalue weighted by molar-refractivity contribution is -0.143. The lowest BCUT2D eigenvalue weighted by Gasteiger charge is -2.37. The second-order valence-electron chi connectivity index (χ2n) is 9.02. The molecule has 0 unspecified atom stereocenters. The molecule has 158 valence electrons. The van der Waals surface area contributed by atoms with Crippen molar-refractivity contribution in [2.75, 3.05) is 32.8 Å². The van der Waals surface area contributed by atoms with Crippen molar-refractivity contribution in [3.8, 4) is 5.88 Å². The summed E-state index contributed by atoms with van der Waals surface area (Å²) in [4.78, 5) is 33.6. The van der Waals surface area contributed by atoms with E-state index in [-0.39, 0.29) is 17.2 Å². The predicted molar refractivity (Wildman–Crippen MR) is 111 cm³/mol. The molecule has 29 heavy (non-hydrogen) atoms. The monoisotopic (exact) mass is 419 g/mol. The molecule has 2 amide bonds. The number of amides is 2. The molecule has 1 saturated carbocycles. The fraction of sp³-hybridized carbons (Fsp3) is 0.682. The van der Waals surface area contributed by atoms with E-state index < -0.39 is 0 Å². The molecule has 3 fully saturated rings. The van der Waals surface area contributed by atoms with E-state index >= 15 is 0 Å². The maximum absolute atomic E-state index is 12.9. The molecule has 0 atom stereocenters. The molecule has 0 bridgehead atoms. The Morgan fingerprint density at radius 2 is 1.76 bits per heavy atom. The van der Waals surface area contributed by atoms with Crippen LogP contribution in [0, 0.1) is 17.3 Å². The molecule has 3 heterocycles. The Bertz CT molecular complexity index is 734. The fourth-order valence-corrected chi connectivity index (χ4v) is 4.45. The Kier molecular flexibility index (Phi) is 6.00. The van der Waals surface area contributed by atoms with Crippen molar-refractivity contribution in [2.45, 2.75) is 45.4 Å². The number of hydrogen-bond donors (Lipinski definition) is 0. The van der Waals surface area contributed by atoms with Gasteiger partial charge in [0.15, 0.2) is 0 Å². The van der Waals surface area contributed by atoms with Crippen LogP contribution in [-0.4, -0.2) is 59.4 Å². The molecule has 2 saturated heterocycles. The zero-order chi connectivity index (χ0) is 20.4. The zero-order valence-corrected chi connectivity index (χ0v) is 17.9. The van der Waals surface area contributed by atoms with Crippen molar-refractivity contribution < 1.29 is 14.3 Å². The van der Waals surface area contributed by atoms with Gasteiger partial charge in [0.25, 0.3) is 0 Å². The standard InChI is InChI=1S/C22H30ClN3O3/c1-22(8-9-22)21(28)26-12-6-17(7-13-26)20(27)25-10-4-16(5-11-25)15-29-19-3-2-18(23)14-24-19/h2-3,14,16-17H,4-13,15H2,1H3. The summed E-state index contributed by atoms with van der Waals surface area (Å²) in [7, 11) is 0. The van der Waals surface area contributed by atoms with E-state index in [4.69, 9.17) is 16.3 Å². The Hall–Kier alpha value is -1.82. The summed E-state index contributed by atoms with van der Waals surface area (Å²) in [5, 5.41) is 0.598. The molecule has 7 heteroatoms. The minimum atomic E-state index is -0.109. The molecule has 6 nitrogen and oxygen atoms in total. The van der Waals surface area contributed by atoms with Gasteiger partial charge in [-0.3, -0.25) is 9.59 Å². The molecule has 3 aliphatic rings. The van der Waals surface area contributed by atoms with Gasteiger partial charge in [-0.05, 0) is 50.5 Å². The van der Waals surface area contributed by atoms with E-state index in [0.29, 0.717) is 29.3 Å². The SMILES string of the molecule is CC1(C(=O)N2CCC(C(=O)N3CCC(COc4ccc(Cl)cn4)CC3)CC2)CC1. The number of pyridine rings is 1. The van der Waals surface area contributed by atoms with Gasteiger partial charge in [-0.2, -0.15) is 0 Å². The Labute approximate surface area is 177 Å². The molecule has 0 spiro atoms. The highest BCUT2D eigenvalue weighted by molar-refractivity contribution is 6.30. The highest BCUT2D eigenvalue weighted by Gasteiger charge is 2.47. The van der Waals surface area contributed by atoms with Gasteiger partial charge in [-0.1, -0.05) is 18.5 Å². The fourth-order valence-electron chi connectivity index (χ4n) is 4.34. The van der Waals surface area contributed by atoms with Crippen LogP contribution in [-0.2, 0) is 9.59 Å². The number of halogens is 1. The molecule has 0 aromatic carbocycles. The average molecular weight is 420 g/mol. The van der Waals surface area contributed by atoms with Gasteiger partial charge in [0.05, 0.1) is 11.6 Å². The second-order valence-corrected chi connectivity index (χ2v) is 9.46. The Balaban J connectivity index is 1.18. The van der Waals surface area contributed by atoms with Crippen molar-refractivity contribution in [1.82, 2.24) is 14.8 Å². The van der Waals surface area contributed by atoms with Gasteiger partial charge in [-0.15, -0.1) is 0 Å². The third-order valence-electron chi connectivity index (χ3n) is 6.74. The van der Waals surface area contributed by atoms with Crippen molar-refractivity contribution >= 4 is 23.4 Å². The van der Waals surface area contributed by atoms with E-state index in [2.05, 4.69) is 11.9 Å². The largest absolute Gasteiger partial charge is 0.477 e. The third-order valence-corrected chi connectivity index (χ3v) is 6.96. The van der Waals surface area contributed by atoms with Crippen molar-refractivity contribution in [3.63, 3.8) is 0 Å². The molecule has 0 N–H and O–H groups in total. The minimum Gasteiger partial charge on any atom is -0.477 e. The topological polar surface area (TPSA) is 62.7 Å². The van der Waals surface area contributed by atoms with Gasteiger partial charge in [0.1, 0.15) is 0 Å². The smallest absolute Gasteiger partial charge is 0.228 e. The first-order valence-corrected chi connectivity index (χ1v) is 11.1. The van der Waals surface area contributed by atoms with Crippen LogP contribution < -0.4 is 4.74 Å². The van der Waals surface area contributed by atoms with Gasteiger partial charge in [0.2, 0.25) is 17.7 Å². The van der Waals surface area contributed by atoms with Crippen LogP contribution in [0.5, 0.6) is 5.88 Å². The molecule has 4 rings (SSSR count). The summed E-state index contributed by atoms with van der Waals surface area (Å²) >= 11 is 5.84. The van der Waals surface area contributed by atoms with Gasteiger partial charge < -0.3 is 14.5 Å². The molecule has 0 radical (unpaired) electrons. The van der Waals surface area contributed by atoms with Crippen LogP contribution >= 0.6 is 11.6 Å². The molecular weight excluding hydrogens is 390 g/mol. The first-order valence-electron chi connectivity index (χ1n) is 10.8. The normalized spacial score (nSPS) is 22.4. The molecule has 2 aliphatic heterocycles. The maximum Gasteiger partial charge on any atom is 0.228 e. The number of rotatable bonds is 5. The van der Waals surface area contributed by atoms with Gasteiger partial charge in [-0.25, -0.2) is 4.98 Å². The number of likely N-dealkylation sites (tertiary alicyclic amines) is 2. The predicted octanol–water partition coefficient (Wildman–Crippen LogP) is 3.39. The summed E-state index contributed by atoms with van der Waals surface area (Å²) in [6, 6.07) is 3.55. The molecule has 1 aromatic heterocycles. The van der Waals surface area contributed by atoms with Crippen molar-refractivity contribution in [3.05, 3.63) is 23.4 Å². The molecule has 1 aliphatic carbocycles. The summed E-state index contributed by atoms with van der Waals surface area (Å²) in [6.45, 7) is 5.71. The number of carbonyl (C=O) groups is 2. The summed E-state index contributed by atoms with van der Waals surface area (Å²) < 4.78 is 5.77. The van der Waals surface area contributed by atoms with Crippen LogP contribution in [0.1, 0.15) is 45.4 Å². The van der Waals surface area contributed by atoms with Crippen LogP contribution in [0.2, 0.25) is 5.02 Å². The van der Waals surface area contributed by atoms with Crippen LogP contribution in [0.3, 0.4) is 0 Å². The van der Waals surface area contributed by atoms with Crippen LogP contribution in [0.4, 0.5) is 0 Å². The molecular formula is C22H30ClN3O3. The second kappa shape index (κ2) is 8.50. The molecule has 1 aromatic rings. The zero-order valence-electron chi connectivity index (χ0n) is 17.1. The van der Waals surface area contributed by atoms with Crippen molar-refractivity contribution in [1.29, 1.82) is 0 Å². The number of hydrogen-bond acceptors (Lipinski definition) is 4. The first kappa shape index (κ1) is 20.5. The maximum atomic E-state index is 12.9. The highest BCUT2D eigenvalue weighted by Crippen LogP contribution is 2.47. The lowest BCUT2D eigenvalue weighted by Crippen LogP contribution is -2.48. The number of piperidine rings is 2. The van der Waals surface area contributed by atoms with Crippen LogP contribution in [0.25, 0.3) is 0 Å². The van der Waals surface area contributed by atoms with Crippen LogP contribution in [0.15, 0.2) is 18.3 Å². The van der Waals surface area contributed by atoms with Gasteiger partial charge >= 0.3 is 0 Å². The quantitative estimate of drug-likeness (QED) is 0.733. The number of ether oxygens (including phenoxy) is 1. The van der Waals surface area contributed by atoms with Crippen molar-refractivity contribution in [2.24, 2.45) is 17.3 Å². The summed E-state index contributed by atoms with van der Waals surface area (Å²) in [6.07, 6.45) is 7.11. The average Bonchev–Trinajstić information content (AvgIpc) is 3.51. The third kappa shape index (κ3) is 4.85. The van der Waals surface area contributed by atoms with Gasteiger partial charge in [0, 0.05) is 49.8 Å². The number of aromatic nitrogens is 1. The van der Waals surface area contributed by atoms with E-state index in [1.807, 2.05) is 9.80 Å². The van der Waals surface area contributed by atoms with E-state index in [9.17, 15) is 9.59 Å². The Morgan fingerprint density at radius 3 is 2.34 bits per heavy atom. The minimum absolute atomic E-state index is 0.0668. The lowest BCUT2D eigenvalue weighted by atomic mass is 9.91. The van der Waals surface area contributed by atoms with E-state index in [0.717, 1.165) is 64.7 Å². The van der Waals surface area contributed by atoms with E-state index in [1.54, 1.807) is 18.3 Å². The Morgan fingerprint density at radius 1 is 1.10 bits per heavy atom. The number of carbonyl (C=O) groups excluding carboxylic acids is 2. The summed E-state index contributed by atoms with van der Waals surface area (Å²) in [5.74, 6) is 1.66. The van der Waals surface area contributed by atoms with E-state index in [1.165, 1.54) is 0 Å². The summed E-state index contributed by atoms with van der Waals surface area (Å²) in [5.41, 5.74) is -0.109.